The van der Waals surface area contributed by atoms with Gasteiger partial charge in [0.15, 0.2) is 0 Å². The summed E-state index contributed by atoms with van der Waals surface area (Å²) >= 11 is 3.47. The molecule has 0 bridgehead atoms. The largest absolute Gasteiger partial charge is 0.314 e. The molecule has 0 aliphatic carbocycles. The summed E-state index contributed by atoms with van der Waals surface area (Å²) in [7, 11) is 0. The van der Waals surface area contributed by atoms with Gasteiger partial charge < -0.3 is 5.32 Å². The van der Waals surface area contributed by atoms with Crippen LogP contribution in [0.5, 0.6) is 0 Å². The van der Waals surface area contributed by atoms with E-state index in [1.165, 1.54) is 18.4 Å². The summed E-state index contributed by atoms with van der Waals surface area (Å²) in [5.41, 5.74) is 3.00. The third kappa shape index (κ3) is 2.30. The van der Waals surface area contributed by atoms with E-state index in [2.05, 4.69) is 28.2 Å². The fraction of sp³-hybridized carbons (Fsp3) is 0.538. The van der Waals surface area contributed by atoms with Gasteiger partial charge in [-0.1, -0.05) is 15.9 Å². The lowest BCUT2D eigenvalue weighted by Crippen LogP contribution is -2.24. The molecule has 1 aliphatic rings. The quantitative estimate of drug-likeness (QED) is 0.877. The molecule has 0 amide bonds. The highest BCUT2D eigenvalue weighted by Crippen LogP contribution is 2.28. The average Bonchev–Trinajstić information content (AvgIpc) is 2.76. The molecule has 3 heteroatoms. The van der Waals surface area contributed by atoms with Crippen LogP contribution in [-0.4, -0.2) is 12.6 Å². The number of benzene rings is 1. The van der Waals surface area contributed by atoms with Crippen molar-refractivity contribution < 1.29 is 4.39 Å². The summed E-state index contributed by atoms with van der Waals surface area (Å²) in [5, 5.41) is 3.45. The predicted molar refractivity (Wildman–Crippen MR) is 68.3 cm³/mol. The first kappa shape index (κ1) is 12.1. The molecule has 0 aromatic heterocycles. The summed E-state index contributed by atoms with van der Waals surface area (Å²) in [6.45, 7) is 4.96. The first-order valence-corrected chi connectivity index (χ1v) is 6.56. The first-order valence-electron chi connectivity index (χ1n) is 5.77. The summed E-state index contributed by atoms with van der Waals surface area (Å²) in [6.07, 6.45) is 3.37. The Morgan fingerprint density at radius 1 is 1.44 bits per heavy atom. The number of rotatable bonds is 2. The number of hydrogen-bond donors (Lipinski definition) is 1. The minimum absolute atomic E-state index is 0.106. The van der Waals surface area contributed by atoms with Crippen LogP contribution in [0.4, 0.5) is 4.39 Å². The van der Waals surface area contributed by atoms with Crippen LogP contribution >= 0.6 is 15.9 Å². The van der Waals surface area contributed by atoms with Crippen molar-refractivity contribution >= 4 is 15.9 Å². The minimum Gasteiger partial charge on any atom is -0.314 e. The molecule has 2 rings (SSSR count). The number of nitrogens with one attached hydrogen (secondary N) is 1. The number of hydrogen-bond acceptors (Lipinski definition) is 1. The van der Waals surface area contributed by atoms with Crippen molar-refractivity contribution in [2.24, 2.45) is 0 Å². The first-order chi connectivity index (χ1) is 7.59. The highest BCUT2D eigenvalue weighted by atomic mass is 79.9. The molecule has 1 aromatic rings. The van der Waals surface area contributed by atoms with Gasteiger partial charge in [0, 0.05) is 10.5 Å². The van der Waals surface area contributed by atoms with Crippen LogP contribution in [0.25, 0.3) is 0 Å². The molecule has 1 nitrogen and oxygen atoms in total. The van der Waals surface area contributed by atoms with Crippen molar-refractivity contribution in [3.05, 3.63) is 33.0 Å². The molecule has 16 heavy (non-hydrogen) atoms. The van der Waals surface area contributed by atoms with Gasteiger partial charge in [-0.05, 0) is 62.4 Å². The van der Waals surface area contributed by atoms with Gasteiger partial charge in [-0.3, -0.25) is 0 Å². The standard InChI is InChI=1S/C13H17BrFN/c1-8-10(6-11-4-3-5-16-11)7-12(15)9(2)13(8)14/h7,11,16H,3-6H2,1-2H3. The van der Waals surface area contributed by atoms with Crippen molar-refractivity contribution in [3.63, 3.8) is 0 Å². The van der Waals surface area contributed by atoms with E-state index in [0.717, 1.165) is 23.0 Å². The molecule has 1 heterocycles. The van der Waals surface area contributed by atoms with E-state index in [4.69, 9.17) is 0 Å². The van der Waals surface area contributed by atoms with Gasteiger partial charge in [0.1, 0.15) is 5.82 Å². The van der Waals surface area contributed by atoms with Crippen LogP contribution in [0.2, 0.25) is 0 Å². The Labute approximate surface area is 105 Å². The second-order valence-corrected chi connectivity index (χ2v) is 5.37. The summed E-state index contributed by atoms with van der Waals surface area (Å²) < 4.78 is 14.6. The van der Waals surface area contributed by atoms with Crippen molar-refractivity contribution in [2.45, 2.75) is 39.2 Å². The molecule has 1 fully saturated rings. The van der Waals surface area contributed by atoms with Crippen LogP contribution in [0, 0.1) is 19.7 Å². The van der Waals surface area contributed by atoms with Gasteiger partial charge in [0.2, 0.25) is 0 Å². The van der Waals surface area contributed by atoms with Crippen molar-refractivity contribution in [2.75, 3.05) is 6.54 Å². The molecule has 1 unspecified atom stereocenters. The SMILES string of the molecule is Cc1c(F)cc(CC2CCCN2)c(C)c1Br. The Bertz CT molecular complexity index is 397. The average molecular weight is 286 g/mol. The molecular formula is C13H17BrFN. The zero-order valence-corrected chi connectivity index (χ0v) is 11.3. The lowest BCUT2D eigenvalue weighted by atomic mass is 9.98. The van der Waals surface area contributed by atoms with Gasteiger partial charge >= 0.3 is 0 Å². The molecule has 88 valence electrons. The summed E-state index contributed by atoms with van der Waals surface area (Å²) in [4.78, 5) is 0. The van der Waals surface area contributed by atoms with Gasteiger partial charge in [-0.25, -0.2) is 4.39 Å². The molecule has 1 aliphatic heterocycles. The monoisotopic (exact) mass is 285 g/mol. The third-order valence-electron chi connectivity index (χ3n) is 3.43. The van der Waals surface area contributed by atoms with Crippen LogP contribution in [0.3, 0.4) is 0 Å². The van der Waals surface area contributed by atoms with Gasteiger partial charge in [-0.2, -0.15) is 0 Å². The smallest absolute Gasteiger partial charge is 0.127 e. The summed E-state index contributed by atoms with van der Waals surface area (Å²) in [5.74, 6) is -0.106. The van der Waals surface area contributed by atoms with E-state index in [-0.39, 0.29) is 5.82 Å². The third-order valence-corrected chi connectivity index (χ3v) is 4.62. The fourth-order valence-electron chi connectivity index (χ4n) is 2.30. The van der Waals surface area contributed by atoms with E-state index in [1.807, 2.05) is 6.92 Å². The fourth-order valence-corrected chi connectivity index (χ4v) is 2.75. The van der Waals surface area contributed by atoms with Crippen molar-refractivity contribution in [1.29, 1.82) is 0 Å². The zero-order chi connectivity index (χ0) is 11.7. The van der Waals surface area contributed by atoms with E-state index in [9.17, 15) is 4.39 Å². The minimum atomic E-state index is -0.106. The Kier molecular flexibility index (Phi) is 3.65. The normalized spacial score (nSPS) is 20.4. The Hall–Kier alpha value is -0.410. The maximum atomic E-state index is 13.6. The number of halogens is 2. The Morgan fingerprint density at radius 2 is 2.19 bits per heavy atom. The van der Waals surface area contributed by atoms with Crippen LogP contribution in [0.1, 0.15) is 29.5 Å². The van der Waals surface area contributed by atoms with Crippen LogP contribution in [0.15, 0.2) is 10.5 Å². The van der Waals surface area contributed by atoms with E-state index in [0.29, 0.717) is 11.6 Å². The molecule has 0 saturated carbocycles. The molecule has 1 saturated heterocycles. The molecule has 1 N–H and O–H groups in total. The van der Waals surface area contributed by atoms with Gasteiger partial charge in [0.05, 0.1) is 0 Å². The molecule has 0 radical (unpaired) electrons. The molecule has 0 spiro atoms. The van der Waals surface area contributed by atoms with Gasteiger partial charge in [-0.15, -0.1) is 0 Å². The lowest BCUT2D eigenvalue weighted by molar-refractivity contribution is 0.587. The second-order valence-electron chi connectivity index (χ2n) is 4.58. The molecule has 1 aromatic carbocycles. The highest BCUT2D eigenvalue weighted by molar-refractivity contribution is 9.10. The van der Waals surface area contributed by atoms with Crippen molar-refractivity contribution in [1.82, 2.24) is 5.32 Å². The Morgan fingerprint density at radius 3 is 2.81 bits per heavy atom. The topological polar surface area (TPSA) is 12.0 Å². The van der Waals surface area contributed by atoms with E-state index >= 15 is 0 Å². The van der Waals surface area contributed by atoms with Crippen LogP contribution < -0.4 is 5.32 Å². The zero-order valence-electron chi connectivity index (χ0n) is 9.74. The maximum absolute atomic E-state index is 13.6. The van der Waals surface area contributed by atoms with E-state index in [1.54, 1.807) is 6.07 Å². The Balaban J connectivity index is 2.26. The molecular weight excluding hydrogens is 269 g/mol. The summed E-state index contributed by atoms with van der Waals surface area (Å²) in [6, 6.07) is 2.21. The predicted octanol–water partition coefficient (Wildman–Crippen LogP) is 3.50. The molecule has 1 atom stereocenters. The van der Waals surface area contributed by atoms with E-state index < -0.39 is 0 Å². The van der Waals surface area contributed by atoms with Gasteiger partial charge in [0.25, 0.3) is 0 Å². The lowest BCUT2D eigenvalue weighted by Gasteiger charge is -2.15. The second kappa shape index (κ2) is 4.84. The van der Waals surface area contributed by atoms with Crippen molar-refractivity contribution in [3.8, 4) is 0 Å². The highest BCUT2D eigenvalue weighted by Gasteiger charge is 2.17. The van der Waals surface area contributed by atoms with Crippen LogP contribution in [-0.2, 0) is 6.42 Å². The maximum Gasteiger partial charge on any atom is 0.127 e.